The first-order chi connectivity index (χ1) is 9.03. The topological polar surface area (TPSA) is 79.2 Å². The molecule has 1 N–H and O–H groups in total. The number of methoxy groups -OCH3 is 1. The van der Waals surface area contributed by atoms with Gasteiger partial charge in [-0.05, 0) is 25.5 Å². The summed E-state index contributed by atoms with van der Waals surface area (Å²) in [6, 6.07) is 9.17. The van der Waals surface area contributed by atoms with E-state index in [1.165, 1.54) is 7.11 Å². The monoisotopic (exact) mass is 258 g/mol. The average molecular weight is 258 g/mol. The third-order valence-electron chi connectivity index (χ3n) is 3.36. The van der Waals surface area contributed by atoms with Crippen LogP contribution in [-0.4, -0.2) is 19.0 Å². The van der Waals surface area contributed by atoms with Crippen LogP contribution in [0, 0.1) is 29.6 Å². The van der Waals surface area contributed by atoms with Crippen molar-refractivity contribution < 1.29 is 14.3 Å². The van der Waals surface area contributed by atoms with Gasteiger partial charge >= 0.3 is 5.97 Å². The molecule has 0 unspecified atom stereocenters. The Morgan fingerprint density at radius 1 is 1.42 bits per heavy atom. The summed E-state index contributed by atoms with van der Waals surface area (Å²) >= 11 is 0. The first-order valence-electron chi connectivity index (χ1n) is 5.90. The van der Waals surface area contributed by atoms with Gasteiger partial charge in [-0.3, -0.25) is 9.59 Å². The number of amides is 1. The van der Waals surface area contributed by atoms with Crippen molar-refractivity contribution in [1.29, 1.82) is 5.26 Å². The Kier molecular flexibility index (Phi) is 3.26. The lowest BCUT2D eigenvalue weighted by molar-refractivity contribution is -0.143. The molecule has 1 fully saturated rings. The van der Waals surface area contributed by atoms with E-state index in [0.717, 1.165) is 5.56 Å². The summed E-state index contributed by atoms with van der Waals surface area (Å²) in [5.74, 6) is -1.62. The van der Waals surface area contributed by atoms with E-state index in [2.05, 4.69) is 10.1 Å². The molecule has 1 aromatic carbocycles. The van der Waals surface area contributed by atoms with Crippen molar-refractivity contribution in [3.63, 3.8) is 0 Å². The third-order valence-corrected chi connectivity index (χ3v) is 3.36. The van der Waals surface area contributed by atoms with E-state index in [1.54, 1.807) is 12.1 Å². The molecule has 5 heteroatoms. The molecule has 0 heterocycles. The molecule has 1 aliphatic carbocycles. The Hall–Kier alpha value is -2.35. The summed E-state index contributed by atoms with van der Waals surface area (Å²) in [6.45, 7) is 1.94. The molecule has 0 bridgehead atoms. The number of benzene rings is 1. The number of hydrogen-bond acceptors (Lipinski definition) is 4. The first kappa shape index (κ1) is 13.1. The fourth-order valence-corrected chi connectivity index (χ4v) is 1.99. The van der Waals surface area contributed by atoms with E-state index in [4.69, 9.17) is 5.26 Å². The lowest BCUT2D eigenvalue weighted by atomic mass is 10.0. The molecule has 2 atom stereocenters. The minimum atomic E-state index is -1.28. The van der Waals surface area contributed by atoms with Gasteiger partial charge < -0.3 is 10.1 Å². The molecule has 1 aromatic rings. The Labute approximate surface area is 111 Å². The Bertz CT molecular complexity index is 559. The van der Waals surface area contributed by atoms with Crippen molar-refractivity contribution >= 4 is 17.6 Å². The van der Waals surface area contributed by atoms with Crippen molar-refractivity contribution in [3.05, 3.63) is 29.8 Å². The maximum absolute atomic E-state index is 12.1. The van der Waals surface area contributed by atoms with Crippen LogP contribution in [0.4, 0.5) is 5.69 Å². The van der Waals surface area contributed by atoms with Gasteiger partial charge in [-0.1, -0.05) is 17.7 Å². The van der Waals surface area contributed by atoms with Crippen LogP contribution >= 0.6 is 0 Å². The van der Waals surface area contributed by atoms with Crippen molar-refractivity contribution in [2.75, 3.05) is 12.4 Å². The molecular weight excluding hydrogens is 244 g/mol. The summed E-state index contributed by atoms with van der Waals surface area (Å²) in [6.07, 6.45) is 0.216. The number of hydrogen-bond donors (Lipinski definition) is 1. The first-order valence-corrected chi connectivity index (χ1v) is 5.90. The summed E-state index contributed by atoms with van der Waals surface area (Å²) in [5, 5.41) is 11.8. The smallest absolute Gasteiger partial charge is 0.310 e. The van der Waals surface area contributed by atoms with Gasteiger partial charge in [0.15, 0.2) is 5.41 Å². The van der Waals surface area contributed by atoms with Gasteiger partial charge in [-0.2, -0.15) is 5.26 Å². The van der Waals surface area contributed by atoms with Crippen LogP contribution < -0.4 is 5.32 Å². The maximum Gasteiger partial charge on any atom is 0.310 e. The molecule has 19 heavy (non-hydrogen) atoms. The van der Waals surface area contributed by atoms with Gasteiger partial charge in [0.1, 0.15) is 0 Å². The van der Waals surface area contributed by atoms with Crippen LogP contribution in [-0.2, 0) is 14.3 Å². The minimum absolute atomic E-state index is 0.216. The Morgan fingerprint density at radius 3 is 2.58 bits per heavy atom. The molecule has 0 aliphatic heterocycles. The van der Waals surface area contributed by atoms with E-state index in [0.29, 0.717) is 5.69 Å². The average Bonchev–Trinajstić information content (AvgIpc) is 3.16. The highest BCUT2D eigenvalue weighted by Crippen LogP contribution is 2.53. The van der Waals surface area contributed by atoms with Gasteiger partial charge in [-0.15, -0.1) is 0 Å². The van der Waals surface area contributed by atoms with E-state index in [9.17, 15) is 9.59 Å². The van der Waals surface area contributed by atoms with Crippen LogP contribution in [0.25, 0.3) is 0 Å². The summed E-state index contributed by atoms with van der Waals surface area (Å²) in [4.78, 5) is 23.5. The molecule has 2 rings (SSSR count). The molecule has 1 aliphatic rings. The van der Waals surface area contributed by atoms with E-state index < -0.39 is 23.2 Å². The molecule has 0 saturated heterocycles. The second-order valence-electron chi connectivity index (χ2n) is 4.68. The summed E-state index contributed by atoms with van der Waals surface area (Å²) in [7, 11) is 1.25. The zero-order valence-corrected chi connectivity index (χ0v) is 10.8. The minimum Gasteiger partial charge on any atom is -0.469 e. The highest BCUT2D eigenvalue weighted by atomic mass is 16.5. The fraction of sp³-hybridized carbons (Fsp3) is 0.357. The van der Waals surface area contributed by atoms with Crippen LogP contribution in [0.3, 0.4) is 0 Å². The predicted molar refractivity (Wildman–Crippen MR) is 68.0 cm³/mol. The number of aryl methyl sites for hydroxylation is 1. The van der Waals surface area contributed by atoms with Crippen LogP contribution in [0.15, 0.2) is 24.3 Å². The molecule has 5 nitrogen and oxygen atoms in total. The van der Waals surface area contributed by atoms with Gasteiger partial charge in [0, 0.05) is 5.69 Å². The Morgan fingerprint density at radius 2 is 2.05 bits per heavy atom. The van der Waals surface area contributed by atoms with Crippen molar-refractivity contribution in [2.24, 2.45) is 11.3 Å². The molecule has 0 radical (unpaired) electrons. The number of nitriles is 1. The zero-order valence-electron chi connectivity index (χ0n) is 10.8. The highest BCUT2D eigenvalue weighted by Gasteiger charge is 2.65. The Balaban J connectivity index is 2.10. The van der Waals surface area contributed by atoms with Gasteiger partial charge in [0.05, 0.1) is 19.1 Å². The fourth-order valence-electron chi connectivity index (χ4n) is 1.99. The van der Waals surface area contributed by atoms with E-state index in [-0.39, 0.29) is 6.42 Å². The highest BCUT2D eigenvalue weighted by molar-refractivity contribution is 6.03. The molecule has 1 amide bonds. The van der Waals surface area contributed by atoms with Gasteiger partial charge in [0.25, 0.3) is 0 Å². The van der Waals surface area contributed by atoms with Crippen LogP contribution in [0.2, 0.25) is 0 Å². The van der Waals surface area contributed by atoms with E-state index >= 15 is 0 Å². The summed E-state index contributed by atoms with van der Waals surface area (Å²) < 4.78 is 4.58. The standard InChI is InChI=1S/C14H14N2O3/c1-9-3-5-10(6-4-9)16-13(18)14(8-15)7-11(14)12(17)19-2/h3-6,11H,7H2,1-2H3,(H,16,18)/t11-,14+/m1/s1. The molecule has 0 spiro atoms. The molecule has 1 saturated carbocycles. The lowest BCUT2D eigenvalue weighted by Gasteiger charge is -2.09. The number of anilines is 1. The number of ether oxygens (including phenoxy) is 1. The van der Waals surface area contributed by atoms with Crippen molar-refractivity contribution in [3.8, 4) is 6.07 Å². The molecule has 98 valence electrons. The molecular formula is C14H14N2O3. The number of esters is 1. The quantitative estimate of drug-likeness (QED) is 0.836. The number of carbonyl (C=O) groups excluding carboxylic acids is 2. The van der Waals surface area contributed by atoms with Crippen LogP contribution in [0.5, 0.6) is 0 Å². The van der Waals surface area contributed by atoms with Crippen LogP contribution in [0.1, 0.15) is 12.0 Å². The van der Waals surface area contributed by atoms with Crippen molar-refractivity contribution in [2.45, 2.75) is 13.3 Å². The molecule has 0 aromatic heterocycles. The van der Waals surface area contributed by atoms with E-state index in [1.807, 2.05) is 25.1 Å². The number of nitrogens with zero attached hydrogens (tertiary/aromatic N) is 1. The number of rotatable bonds is 3. The SMILES string of the molecule is COC(=O)[C@H]1C[C@@]1(C#N)C(=O)Nc1ccc(C)cc1. The number of carbonyl (C=O) groups is 2. The third kappa shape index (κ3) is 2.29. The second kappa shape index (κ2) is 4.73. The van der Waals surface area contributed by atoms with Gasteiger partial charge in [-0.25, -0.2) is 0 Å². The second-order valence-corrected chi connectivity index (χ2v) is 4.68. The van der Waals surface area contributed by atoms with Crippen molar-refractivity contribution in [1.82, 2.24) is 0 Å². The van der Waals surface area contributed by atoms with Gasteiger partial charge in [0.2, 0.25) is 5.91 Å². The predicted octanol–water partition coefficient (Wildman–Crippen LogP) is 1.64. The zero-order chi connectivity index (χ0) is 14.0. The maximum atomic E-state index is 12.1. The largest absolute Gasteiger partial charge is 0.469 e. The number of nitrogens with one attached hydrogen (secondary N) is 1. The normalized spacial score (nSPS) is 24.2. The lowest BCUT2D eigenvalue weighted by Crippen LogP contribution is -2.27. The summed E-state index contributed by atoms with van der Waals surface area (Å²) in [5.41, 5.74) is 0.408.